The molecule has 1 aliphatic carbocycles. The highest BCUT2D eigenvalue weighted by molar-refractivity contribution is 5.53. The molecule has 1 aromatic carbocycles. The minimum Gasteiger partial charge on any atom is -0.497 e. The number of hydrogen-bond donors (Lipinski definition) is 1. The van der Waals surface area contributed by atoms with Crippen molar-refractivity contribution in [1.82, 2.24) is 0 Å². The van der Waals surface area contributed by atoms with Gasteiger partial charge in [-0.2, -0.15) is 0 Å². The van der Waals surface area contributed by atoms with Crippen LogP contribution >= 0.6 is 0 Å². The molecule has 15 heavy (non-hydrogen) atoms. The second-order valence-corrected chi connectivity index (χ2v) is 4.19. The van der Waals surface area contributed by atoms with Crippen LogP contribution in [0.15, 0.2) is 24.3 Å². The van der Waals surface area contributed by atoms with Gasteiger partial charge in [-0.1, -0.05) is 6.07 Å². The molecule has 82 valence electrons. The van der Waals surface area contributed by atoms with Crippen molar-refractivity contribution < 1.29 is 4.74 Å². The molecule has 3 nitrogen and oxygen atoms in total. The van der Waals surface area contributed by atoms with Gasteiger partial charge in [-0.15, -0.1) is 0 Å². The van der Waals surface area contributed by atoms with Crippen molar-refractivity contribution in [1.29, 1.82) is 0 Å². The number of anilines is 1. The van der Waals surface area contributed by atoms with E-state index in [-0.39, 0.29) is 5.54 Å². The average Bonchev–Trinajstić information content (AvgIpc) is 3.09. The minimum absolute atomic E-state index is 0.201. The van der Waals surface area contributed by atoms with E-state index in [4.69, 9.17) is 10.5 Å². The molecular formula is C12H18N2O. The molecule has 0 radical (unpaired) electrons. The van der Waals surface area contributed by atoms with Crippen LogP contribution < -0.4 is 15.4 Å². The van der Waals surface area contributed by atoms with E-state index in [2.05, 4.69) is 24.1 Å². The minimum atomic E-state index is 0.201. The van der Waals surface area contributed by atoms with Gasteiger partial charge >= 0.3 is 0 Å². The Morgan fingerprint density at radius 3 is 2.73 bits per heavy atom. The van der Waals surface area contributed by atoms with Gasteiger partial charge in [0.1, 0.15) is 5.75 Å². The van der Waals surface area contributed by atoms with Gasteiger partial charge in [0.15, 0.2) is 0 Å². The normalized spacial score (nSPS) is 17.3. The number of likely N-dealkylation sites (N-methyl/N-ethyl adjacent to an activating group) is 1. The molecule has 0 amide bonds. The van der Waals surface area contributed by atoms with Gasteiger partial charge < -0.3 is 15.4 Å². The summed E-state index contributed by atoms with van der Waals surface area (Å²) in [7, 11) is 3.80. The average molecular weight is 206 g/mol. The van der Waals surface area contributed by atoms with Crippen LogP contribution in [0.25, 0.3) is 0 Å². The Morgan fingerprint density at radius 1 is 1.47 bits per heavy atom. The van der Waals surface area contributed by atoms with Crippen LogP contribution in [-0.4, -0.2) is 26.2 Å². The first-order valence-electron chi connectivity index (χ1n) is 5.30. The molecule has 2 N–H and O–H groups in total. The number of hydrogen-bond acceptors (Lipinski definition) is 3. The molecule has 0 saturated heterocycles. The summed E-state index contributed by atoms with van der Waals surface area (Å²) in [6.45, 7) is 0.723. The van der Waals surface area contributed by atoms with Gasteiger partial charge in [0.05, 0.1) is 12.6 Å². The largest absolute Gasteiger partial charge is 0.497 e. The van der Waals surface area contributed by atoms with Crippen LogP contribution in [0.2, 0.25) is 0 Å². The van der Waals surface area contributed by atoms with Gasteiger partial charge in [0.2, 0.25) is 0 Å². The lowest BCUT2D eigenvalue weighted by Crippen LogP contribution is -2.40. The Hall–Kier alpha value is -1.22. The smallest absolute Gasteiger partial charge is 0.120 e. The second-order valence-electron chi connectivity index (χ2n) is 4.19. The number of nitrogens with two attached hydrogens (primary N) is 1. The van der Waals surface area contributed by atoms with Crippen molar-refractivity contribution in [2.75, 3.05) is 25.6 Å². The lowest BCUT2D eigenvalue weighted by atomic mass is 10.2. The van der Waals surface area contributed by atoms with E-state index in [0.29, 0.717) is 0 Å². The number of ether oxygens (including phenoxy) is 1. The Bertz CT molecular complexity index is 347. The van der Waals surface area contributed by atoms with E-state index < -0.39 is 0 Å². The summed E-state index contributed by atoms with van der Waals surface area (Å²) < 4.78 is 5.21. The van der Waals surface area contributed by atoms with Crippen LogP contribution in [0.1, 0.15) is 12.8 Å². The summed E-state index contributed by atoms with van der Waals surface area (Å²) >= 11 is 0. The molecule has 0 unspecified atom stereocenters. The second kappa shape index (κ2) is 3.74. The van der Waals surface area contributed by atoms with E-state index in [1.54, 1.807) is 7.11 Å². The van der Waals surface area contributed by atoms with Crippen molar-refractivity contribution in [3.63, 3.8) is 0 Å². The highest BCUT2D eigenvalue weighted by Crippen LogP contribution is 2.42. The first kappa shape index (κ1) is 10.3. The van der Waals surface area contributed by atoms with Crippen LogP contribution in [-0.2, 0) is 0 Å². The zero-order valence-corrected chi connectivity index (χ0v) is 9.36. The van der Waals surface area contributed by atoms with E-state index in [1.165, 1.54) is 18.5 Å². The van der Waals surface area contributed by atoms with E-state index >= 15 is 0 Å². The molecule has 0 bridgehead atoms. The molecule has 3 heteroatoms. The van der Waals surface area contributed by atoms with Crippen LogP contribution in [0.4, 0.5) is 5.69 Å². The lowest BCUT2D eigenvalue weighted by Gasteiger charge is -2.29. The molecule has 1 aliphatic rings. The number of benzene rings is 1. The quantitative estimate of drug-likeness (QED) is 0.813. The predicted octanol–water partition coefficient (Wildman–Crippen LogP) is 1.62. The fourth-order valence-electron chi connectivity index (χ4n) is 1.91. The Balaban J connectivity index is 2.21. The summed E-state index contributed by atoms with van der Waals surface area (Å²) in [4.78, 5) is 2.27. The Kier molecular flexibility index (Phi) is 2.57. The maximum atomic E-state index is 5.80. The van der Waals surface area contributed by atoms with Crippen molar-refractivity contribution >= 4 is 5.69 Å². The van der Waals surface area contributed by atoms with Crippen molar-refractivity contribution in [2.45, 2.75) is 18.4 Å². The van der Waals surface area contributed by atoms with Crippen molar-refractivity contribution in [2.24, 2.45) is 5.73 Å². The lowest BCUT2D eigenvalue weighted by molar-refractivity contribution is 0.414. The monoisotopic (exact) mass is 206 g/mol. The van der Waals surface area contributed by atoms with Crippen LogP contribution in [0.3, 0.4) is 0 Å². The fourth-order valence-corrected chi connectivity index (χ4v) is 1.91. The highest BCUT2D eigenvalue weighted by Gasteiger charge is 2.45. The van der Waals surface area contributed by atoms with Crippen molar-refractivity contribution in [3.8, 4) is 5.75 Å². The zero-order chi connectivity index (χ0) is 10.9. The molecule has 0 aliphatic heterocycles. The molecule has 0 spiro atoms. The SMILES string of the molecule is COc1cccc(N(C)C2(CN)CC2)c1. The molecular weight excluding hydrogens is 188 g/mol. The third-order valence-corrected chi connectivity index (χ3v) is 3.36. The maximum absolute atomic E-state index is 5.80. The fraction of sp³-hybridized carbons (Fsp3) is 0.500. The van der Waals surface area contributed by atoms with Gasteiger partial charge in [-0.3, -0.25) is 0 Å². The van der Waals surface area contributed by atoms with Gasteiger partial charge in [0.25, 0.3) is 0 Å². The molecule has 2 rings (SSSR count). The Labute approximate surface area is 90.8 Å². The maximum Gasteiger partial charge on any atom is 0.120 e. The molecule has 0 aromatic heterocycles. The first-order valence-corrected chi connectivity index (χ1v) is 5.30. The third-order valence-electron chi connectivity index (χ3n) is 3.36. The van der Waals surface area contributed by atoms with E-state index in [0.717, 1.165) is 12.3 Å². The van der Waals surface area contributed by atoms with Crippen LogP contribution in [0.5, 0.6) is 5.75 Å². The van der Waals surface area contributed by atoms with E-state index in [9.17, 15) is 0 Å². The molecule has 1 saturated carbocycles. The highest BCUT2D eigenvalue weighted by atomic mass is 16.5. The predicted molar refractivity (Wildman–Crippen MR) is 62.4 cm³/mol. The molecule has 1 fully saturated rings. The zero-order valence-electron chi connectivity index (χ0n) is 9.36. The Morgan fingerprint density at radius 2 is 2.20 bits per heavy atom. The number of nitrogens with zero attached hydrogens (tertiary/aromatic N) is 1. The molecule has 0 atom stereocenters. The summed E-state index contributed by atoms with van der Waals surface area (Å²) in [5.74, 6) is 0.896. The number of methoxy groups -OCH3 is 1. The van der Waals surface area contributed by atoms with Crippen LogP contribution in [0, 0.1) is 0 Å². The number of rotatable bonds is 4. The standard InChI is InChI=1S/C12H18N2O/c1-14(12(9-13)6-7-12)10-4-3-5-11(8-10)15-2/h3-5,8H,6-7,9,13H2,1-2H3. The third kappa shape index (κ3) is 1.79. The van der Waals surface area contributed by atoms with Gasteiger partial charge in [0, 0.05) is 25.3 Å². The summed E-state index contributed by atoms with van der Waals surface area (Å²) in [6.07, 6.45) is 2.38. The summed E-state index contributed by atoms with van der Waals surface area (Å²) in [5.41, 5.74) is 7.18. The van der Waals surface area contributed by atoms with Gasteiger partial charge in [-0.25, -0.2) is 0 Å². The van der Waals surface area contributed by atoms with Gasteiger partial charge in [-0.05, 0) is 25.0 Å². The molecule has 1 aromatic rings. The summed E-state index contributed by atoms with van der Waals surface area (Å²) in [5, 5.41) is 0. The summed E-state index contributed by atoms with van der Waals surface area (Å²) in [6, 6.07) is 8.12. The topological polar surface area (TPSA) is 38.5 Å². The molecule has 0 heterocycles. The van der Waals surface area contributed by atoms with E-state index in [1.807, 2.05) is 12.1 Å². The van der Waals surface area contributed by atoms with Crippen molar-refractivity contribution in [3.05, 3.63) is 24.3 Å². The first-order chi connectivity index (χ1) is 7.22.